The molecular weight excluding hydrogens is 300 g/mol. The van der Waals surface area contributed by atoms with E-state index in [-0.39, 0.29) is 12.8 Å². The zero-order chi connectivity index (χ0) is 17.3. The molecule has 0 bridgehead atoms. The lowest BCUT2D eigenvalue weighted by atomic mass is 10.1. The van der Waals surface area contributed by atoms with Crippen LogP contribution in [0.15, 0.2) is 0 Å². The Hall–Kier alpha value is -2.24. The zero-order valence-corrected chi connectivity index (χ0v) is 11.7. The fraction of sp³-hybridized carbons (Fsp3) is 0.636. The van der Waals surface area contributed by atoms with E-state index < -0.39 is 55.0 Å². The molecule has 3 atom stereocenters. The molecular formula is C11H20N4O7. The molecule has 11 heteroatoms. The van der Waals surface area contributed by atoms with E-state index >= 15 is 0 Å². The molecule has 22 heavy (non-hydrogen) atoms. The maximum atomic E-state index is 11.7. The summed E-state index contributed by atoms with van der Waals surface area (Å²) in [6.45, 7) is -1.66. The van der Waals surface area contributed by atoms with Crippen molar-refractivity contribution in [1.29, 1.82) is 0 Å². The van der Waals surface area contributed by atoms with Crippen LogP contribution in [0, 0.1) is 0 Å². The summed E-state index contributed by atoms with van der Waals surface area (Å²) in [7, 11) is 0. The highest BCUT2D eigenvalue weighted by Gasteiger charge is 2.27. The van der Waals surface area contributed by atoms with Crippen LogP contribution in [0.3, 0.4) is 0 Å². The number of rotatable bonds is 10. The third kappa shape index (κ3) is 6.97. The van der Waals surface area contributed by atoms with E-state index in [0.717, 1.165) is 0 Å². The summed E-state index contributed by atoms with van der Waals surface area (Å²) in [6, 6.07) is -4.13. The number of carboxylic acid groups (broad SMARTS) is 1. The van der Waals surface area contributed by atoms with Gasteiger partial charge in [-0.15, -0.1) is 0 Å². The lowest BCUT2D eigenvalue weighted by molar-refractivity contribution is -0.143. The van der Waals surface area contributed by atoms with Crippen molar-refractivity contribution in [2.75, 3.05) is 13.2 Å². The Labute approximate surface area is 125 Å². The quantitative estimate of drug-likeness (QED) is 0.209. The van der Waals surface area contributed by atoms with Gasteiger partial charge in [0.15, 0.2) is 0 Å². The van der Waals surface area contributed by atoms with Crippen LogP contribution in [0.1, 0.15) is 12.8 Å². The van der Waals surface area contributed by atoms with Gasteiger partial charge < -0.3 is 37.4 Å². The van der Waals surface area contributed by atoms with E-state index in [1.165, 1.54) is 0 Å². The van der Waals surface area contributed by atoms with E-state index in [2.05, 4.69) is 5.32 Å². The second-order valence-corrected chi connectivity index (χ2v) is 4.44. The van der Waals surface area contributed by atoms with E-state index in [4.69, 9.17) is 26.8 Å². The number of aliphatic hydroxyl groups is 2. The minimum absolute atomic E-state index is 0.0463. The van der Waals surface area contributed by atoms with Crippen molar-refractivity contribution in [1.82, 2.24) is 10.6 Å². The first-order chi connectivity index (χ1) is 10.2. The minimum atomic E-state index is -1.57. The molecule has 0 radical (unpaired) electrons. The van der Waals surface area contributed by atoms with Gasteiger partial charge in [0.25, 0.3) is 0 Å². The maximum absolute atomic E-state index is 11.7. The van der Waals surface area contributed by atoms with E-state index in [1.807, 2.05) is 5.32 Å². The Balaban J connectivity index is 4.57. The van der Waals surface area contributed by atoms with E-state index in [0.29, 0.717) is 0 Å². The van der Waals surface area contributed by atoms with Crippen molar-refractivity contribution in [3.63, 3.8) is 0 Å². The molecule has 3 amide bonds. The highest BCUT2D eigenvalue weighted by atomic mass is 16.4. The molecule has 0 unspecified atom stereocenters. The smallest absolute Gasteiger partial charge is 0.328 e. The topological polar surface area (TPSA) is 205 Å². The van der Waals surface area contributed by atoms with E-state index in [9.17, 15) is 19.2 Å². The number of amides is 3. The van der Waals surface area contributed by atoms with Gasteiger partial charge in [-0.2, -0.15) is 0 Å². The molecule has 0 aromatic rings. The summed E-state index contributed by atoms with van der Waals surface area (Å²) in [5.41, 5.74) is 10.4. The normalized spacial score (nSPS) is 14.5. The summed E-state index contributed by atoms with van der Waals surface area (Å²) in [6.07, 6.45) is -0.175. The molecule has 11 nitrogen and oxygen atoms in total. The number of aliphatic carboxylic acids is 1. The average molecular weight is 320 g/mol. The number of carboxylic acids is 1. The van der Waals surface area contributed by atoms with Crippen molar-refractivity contribution < 1.29 is 34.5 Å². The first-order valence-electron chi connectivity index (χ1n) is 6.32. The molecule has 0 aromatic heterocycles. The summed E-state index contributed by atoms with van der Waals surface area (Å²) in [4.78, 5) is 44.6. The van der Waals surface area contributed by atoms with Crippen LogP contribution in [0.2, 0.25) is 0 Å². The van der Waals surface area contributed by atoms with E-state index in [1.54, 1.807) is 0 Å². The number of carbonyl (C=O) groups excluding carboxylic acids is 3. The van der Waals surface area contributed by atoms with Crippen molar-refractivity contribution in [3.05, 3.63) is 0 Å². The number of nitrogens with one attached hydrogen (secondary N) is 2. The van der Waals surface area contributed by atoms with Crippen LogP contribution in [0.25, 0.3) is 0 Å². The lowest BCUT2D eigenvalue weighted by Crippen LogP contribution is -2.56. The summed E-state index contributed by atoms with van der Waals surface area (Å²) >= 11 is 0. The second kappa shape index (κ2) is 9.65. The first kappa shape index (κ1) is 19.8. The number of aliphatic hydroxyl groups excluding tert-OH is 2. The monoisotopic (exact) mass is 320 g/mol. The molecule has 0 heterocycles. The standard InChI is InChI=1S/C11H20N4O7/c12-5(1-2-8(13)18)9(19)14-6(3-16)10(20)15-7(4-17)11(21)22/h5-7,16-17H,1-4,12H2,(H2,13,18)(H,14,19)(H,15,20)(H,21,22)/t5-,6-,7-/m0/s1. The fourth-order valence-electron chi connectivity index (χ4n) is 1.36. The molecule has 9 N–H and O–H groups in total. The largest absolute Gasteiger partial charge is 0.480 e. The predicted octanol–water partition coefficient (Wildman–Crippen LogP) is -4.38. The van der Waals surface area contributed by atoms with Gasteiger partial charge in [-0.05, 0) is 6.42 Å². The highest BCUT2D eigenvalue weighted by molar-refractivity contribution is 5.92. The molecule has 0 saturated heterocycles. The lowest BCUT2D eigenvalue weighted by Gasteiger charge is -2.20. The number of hydrogen-bond acceptors (Lipinski definition) is 7. The number of nitrogens with two attached hydrogens (primary N) is 2. The van der Waals surface area contributed by atoms with Crippen LogP contribution < -0.4 is 22.1 Å². The maximum Gasteiger partial charge on any atom is 0.328 e. The third-order valence-corrected chi connectivity index (χ3v) is 2.65. The van der Waals surface area contributed by atoms with Gasteiger partial charge in [-0.1, -0.05) is 0 Å². The molecule has 0 fully saturated rings. The van der Waals surface area contributed by atoms with Crippen molar-refractivity contribution in [2.24, 2.45) is 11.5 Å². The van der Waals surface area contributed by atoms with Crippen molar-refractivity contribution in [2.45, 2.75) is 31.0 Å². The van der Waals surface area contributed by atoms with Crippen molar-refractivity contribution >= 4 is 23.7 Å². The first-order valence-corrected chi connectivity index (χ1v) is 6.32. The Morgan fingerprint density at radius 1 is 0.955 bits per heavy atom. The number of primary amides is 1. The SMILES string of the molecule is NC(=O)CC[C@H](N)C(=O)N[C@@H](CO)C(=O)N[C@@H](CO)C(=O)O. The van der Waals surface area contributed by atoms with Crippen LogP contribution in [-0.2, 0) is 19.2 Å². The Bertz CT molecular complexity index is 429. The summed E-state index contributed by atoms with van der Waals surface area (Å²) in [5.74, 6) is -3.94. The van der Waals surface area contributed by atoms with Crippen LogP contribution in [0.5, 0.6) is 0 Å². The van der Waals surface area contributed by atoms with Gasteiger partial charge in [-0.25, -0.2) is 4.79 Å². The average Bonchev–Trinajstić information content (AvgIpc) is 2.46. The molecule has 0 rings (SSSR count). The number of hydrogen-bond donors (Lipinski definition) is 7. The molecule has 0 aliphatic heterocycles. The summed E-state index contributed by atoms with van der Waals surface area (Å²) in [5, 5.41) is 30.6. The molecule has 126 valence electrons. The number of carbonyl (C=O) groups is 4. The van der Waals surface area contributed by atoms with Gasteiger partial charge >= 0.3 is 5.97 Å². The fourth-order valence-corrected chi connectivity index (χ4v) is 1.36. The van der Waals surface area contributed by atoms with Crippen LogP contribution >= 0.6 is 0 Å². The van der Waals surface area contributed by atoms with Crippen LogP contribution in [0.4, 0.5) is 0 Å². The zero-order valence-electron chi connectivity index (χ0n) is 11.7. The highest BCUT2D eigenvalue weighted by Crippen LogP contribution is 1.96. The predicted molar refractivity (Wildman–Crippen MR) is 72.1 cm³/mol. The van der Waals surface area contributed by atoms with Crippen LogP contribution in [-0.4, -0.2) is 70.3 Å². The third-order valence-electron chi connectivity index (χ3n) is 2.65. The molecule has 0 aliphatic rings. The van der Waals surface area contributed by atoms with Gasteiger partial charge in [0, 0.05) is 6.42 Å². The summed E-state index contributed by atoms with van der Waals surface area (Å²) < 4.78 is 0. The molecule has 0 spiro atoms. The Kier molecular flexibility index (Phi) is 8.67. The Morgan fingerprint density at radius 2 is 1.45 bits per heavy atom. The Morgan fingerprint density at radius 3 is 1.86 bits per heavy atom. The second-order valence-electron chi connectivity index (χ2n) is 4.44. The van der Waals surface area contributed by atoms with Gasteiger partial charge in [-0.3, -0.25) is 14.4 Å². The molecule has 0 saturated carbocycles. The van der Waals surface area contributed by atoms with Gasteiger partial charge in [0.1, 0.15) is 12.1 Å². The van der Waals surface area contributed by atoms with Gasteiger partial charge in [0.2, 0.25) is 17.7 Å². The minimum Gasteiger partial charge on any atom is -0.480 e. The molecule has 0 aromatic carbocycles. The molecule has 0 aliphatic carbocycles. The van der Waals surface area contributed by atoms with Gasteiger partial charge in [0.05, 0.1) is 19.3 Å². The van der Waals surface area contributed by atoms with Crippen molar-refractivity contribution in [3.8, 4) is 0 Å².